The monoisotopic (exact) mass is 544 g/mol. The molecule has 3 aliphatic carbocycles. The van der Waals surface area contributed by atoms with Crippen molar-refractivity contribution in [3.63, 3.8) is 0 Å². The molecule has 1 amide bonds. The molecule has 0 radical (unpaired) electrons. The van der Waals surface area contributed by atoms with Crippen LogP contribution in [0.15, 0.2) is 59.1 Å². The summed E-state index contributed by atoms with van der Waals surface area (Å²) in [4.78, 5) is 40.7. The topological polar surface area (TPSA) is 171 Å². The van der Waals surface area contributed by atoms with Gasteiger partial charge >= 0.3 is 0 Å². The molecule has 3 aliphatic rings. The number of primary amides is 1. The molecule has 4 unspecified atom stereocenters. The van der Waals surface area contributed by atoms with E-state index in [9.17, 15) is 34.8 Å². The van der Waals surface area contributed by atoms with Gasteiger partial charge in [0.05, 0.1) is 18.7 Å². The standard InChI is InChI=1S/C30H28N2O8/c1-32(2)24-19-13-16-12-18-15(8-7-14-5-4-6-17(11-14)40-3)9-10-20(33)22(18)25(34)21(16)27(36)30(19,39)28(37)23(26(24)35)29(31)38/h4-6,9-11,16,19,24,33,35-36,39H,12-13H2,1-3H3,(H2,31,38). The lowest BCUT2D eigenvalue weighted by molar-refractivity contribution is -0.148. The van der Waals surface area contributed by atoms with Crippen molar-refractivity contribution in [3.05, 3.63) is 81.3 Å². The first-order valence-corrected chi connectivity index (χ1v) is 12.6. The normalized spacial score (nSPS) is 25.6. The molecule has 2 aromatic carbocycles. The predicted octanol–water partition coefficient (Wildman–Crippen LogP) is 1.53. The molecule has 0 saturated carbocycles. The molecule has 0 fully saturated rings. The zero-order chi connectivity index (χ0) is 29.1. The van der Waals surface area contributed by atoms with Gasteiger partial charge in [0.25, 0.3) is 5.91 Å². The number of amides is 1. The summed E-state index contributed by atoms with van der Waals surface area (Å²) >= 11 is 0. The maximum absolute atomic E-state index is 13.8. The van der Waals surface area contributed by atoms with Gasteiger partial charge in [-0.05, 0) is 68.8 Å². The number of benzene rings is 2. The van der Waals surface area contributed by atoms with Crippen LogP contribution < -0.4 is 10.5 Å². The average Bonchev–Trinajstić information content (AvgIpc) is 2.90. The van der Waals surface area contributed by atoms with E-state index in [-0.39, 0.29) is 29.7 Å². The number of aromatic hydroxyl groups is 1. The minimum Gasteiger partial charge on any atom is -0.510 e. The third-order valence-electron chi connectivity index (χ3n) is 8.02. The first-order valence-electron chi connectivity index (χ1n) is 12.6. The van der Waals surface area contributed by atoms with Gasteiger partial charge in [-0.25, -0.2) is 0 Å². The number of allylic oxidation sites excluding steroid dienone is 1. The number of Topliss-reactive ketones (excluding diaryl/α,β-unsaturated/α-hetero) is 2. The highest BCUT2D eigenvalue weighted by Gasteiger charge is 2.63. The number of carbonyl (C=O) groups excluding carboxylic acids is 3. The van der Waals surface area contributed by atoms with Crippen molar-refractivity contribution in [3.8, 4) is 23.3 Å². The largest absolute Gasteiger partial charge is 0.510 e. The maximum Gasteiger partial charge on any atom is 0.255 e. The highest BCUT2D eigenvalue weighted by molar-refractivity contribution is 6.24. The molecular weight excluding hydrogens is 516 g/mol. The van der Waals surface area contributed by atoms with Gasteiger partial charge in [-0.3, -0.25) is 19.3 Å². The molecule has 2 aromatic rings. The maximum atomic E-state index is 13.8. The van der Waals surface area contributed by atoms with E-state index in [2.05, 4.69) is 11.8 Å². The number of rotatable bonds is 3. The molecule has 0 heterocycles. The number of hydrogen-bond donors (Lipinski definition) is 5. The molecule has 0 aliphatic heterocycles. The summed E-state index contributed by atoms with van der Waals surface area (Å²) in [6.45, 7) is 0. The van der Waals surface area contributed by atoms with Crippen LogP contribution in [0, 0.1) is 23.7 Å². The number of phenolic OH excluding ortho intramolecular Hbond substituents is 1. The van der Waals surface area contributed by atoms with Gasteiger partial charge < -0.3 is 30.9 Å². The summed E-state index contributed by atoms with van der Waals surface area (Å²) in [5, 5.41) is 44.6. The third-order valence-corrected chi connectivity index (χ3v) is 8.02. The van der Waals surface area contributed by atoms with E-state index in [4.69, 9.17) is 10.5 Å². The van der Waals surface area contributed by atoms with Gasteiger partial charge in [0.15, 0.2) is 11.4 Å². The summed E-state index contributed by atoms with van der Waals surface area (Å²) in [7, 11) is 4.71. The Hall–Kier alpha value is -4.59. The van der Waals surface area contributed by atoms with Crippen LogP contribution in [0.1, 0.15) is 33.5 Å². The van der Waals surface area contributed by atoms with Crippen molar-refractivity contribution in [2.24, 2.45) is 17.6 Å². The van der Waals surface area contributed by atoms with E-state index >= 15 is 0 Å². The lowest BCUT2D eigenvalue weighted by Crippen LogP contribution is -2.63. The fraction of sp³-hybridized carbons (Fsp3) is 0.300. The van der Waals surface area contributed by atoms with Crippen LogP contribution in [0.4, 0.5) is 0 Å². The Bertz CT molecular complexity index is 1610. The second-order valence-electron chi connectivity index (χ2n) is 10.4. The number of aliphatic hydroxyl groups is 3. The number of likely N-dealkylation sites (N-methyl/N-ethyl adjacent to an activating group) is 1. The van der Waals surface area contributed by atoms with Crippen molar-refractivity contribution >= 4 is 17.5 Å². The highest BCUT2D eigenvalue weighted by atomic mass is 16.5. The molecule has 5 rings (SSSR count). The van der Waals surface area contributed by atoms with Gasteiger partial charge in [-0.15, -0.1) is 0 Å². The number of fused-ring (bicyclic) bond motifs is 3. The lowest BCUT2D eigenvalue weighted by Gasteiger charge is -2.50. The summed E-state index contributed by atoms with van der Waals surface area (Å²) < 4.78 is 5.24. The van der Waals surface area contributed by atoms with Crippen molar-refractivity contribution in [1.82, 2.24) is 4.90 Å². The molecule has 10 nitrogen and oxygen atoms in total. The summed E-state index contributed by atoms with van der Waals surface area (Å²) in [5.74, 6) is -0.188. The summed E-state index contributed by atoms with van der Waals surface area (Å²) in [6, 6.07) is 9.01. The van der Waals surface area contributed by atoms with E-state index in [0.29, 0.717) is 22.4 Å². The molecular formula is C30H28N2O8. The van der Waals surface area contributed by atoms with Crippen LogP contribution in [-0.4, -0.2) is 75.6 Å². The fourth-order valence-electron chi connectivity index (χ4n) is 6.21. The fourth-order valence-corrected chi connectivity index (χ4v) is 6.21. The number of ether oxygens (including phenoxy) is 1. The van der Waals surface area contributed by atoms with E-state index in [1.165, 1.54) is 11.0 Å². The van der Waals surface area contributed by atoms with E-state index in [1.807, 2.05) is 0 Å². The number of hydrogen-bond acceptors (Lipinski definition) is 9. The number of ketones is 2. The molecule has 6 N–H and O–H groups in total. The zero-order valence-corrected chi connectivity index (χ0v) is 22.1. The molecule has 0 saturated heterocycles. The molecule has 0 spiro atoms. The molecule has 206 valence electrons. The Balaban J connectivity index is 1.66. The summed E-state index contributed by atoms with van der Waals surface area (Å²) in [5.41, 5.74) is 3.17. The van der Waals surface area contributed by atoms with Crippen LogP contribution in [0.2, 0.25) is 0 Å². The van der Waals surface area contributed by atoms with Crippen molar-refractivity contribution in [1.29, 1.82) is 0 Å². The summed E-state index contributed by atoms with van der Waals surface area (Å²) in [6.07, 6.45) is 0.162. The van der Waals surface area contributed by atoms with Crippen LogP contribution in [0.3, 0.4) is 0 Å². The second kappa shape index (κ2) is 9.55. The van der Waals surface area contributed by atoms with Gasteiger partial charge in [0.2, 0.25) is 5.78 Å². The zero-order valence-electron chi connectivity index (χ0n) is 22.1. The van der Waals surface area contributed by atoms with Crippen LogP contribution in [-0.2, 0) is 16.0 Å². The van der Waals surface area contributed by atoms with Crippen molar-refractivity contribution < 1.29 is 39.5 Å². The van der Waals surface area contributed by atoms with E-state index in [0.717, 1.165) is 0 Å². The Morgan fingerprint density at radius 2 is 1.85 bits per heavy atom. The molecule has 10 heteroatoms. The molecule has 0 aromatic heterocycles. The number of phenols is 1. The number of nitrogens with zero attached hydrogens (tertiary/aromatic N) is 1. The van der Waals surface area contributed by atoms with Crippen LogP contribution in [0.5, 0.6) is 11.5 Å². The third kappa shape index (κ3) is 3.86. The number of methoxy groups -OCH3 is 1. The first-order chi connectivity index (χ1) is 18.9. The van der Waals surface area contributed by atoms with E-state index in [1.54, 1.807) is 51.5 Å². The number of carbonyl (C=O) groups is 3. The van der Waals surface area contributed by atoms with Gasteiger partial charge in [0.1, 0.15) is 28.6 Å². The predicted molar refractivity (Wildman–Crippen MR) is 143 cm³/mol. The first kappa shape index (κ1) is 27.0. The van der Waals surface area contributed by atoms with Gasteiger partial charge in [0, 0.05) is 22.6 Å². The lowest BCUT2D eigenvalue weighted by atomic mass is 9.58. The van der Waals surface area contributed by atoms with Crippen molar-refractivity contribution in [2.75, 3.05) is 21.2 Å². The second-order valence-corrected chi connectivity index (χ2v) is 10.4. The highest BCUT2D eigenvalue weighted by Crippen LogP contribution is 2.52. The number of aliphatic hydroxyl groups excluding tert-OH is 2. The minimum absolute atomic E-state index is 0.00414. The van der Waals surface area contributed by atoms with E-state index < -0.39 is 58.0 Å². The van der Waals surface area contributed by atoms with Gasteiger partial charge in [-0.1, -0.05) is 17.9 Å². The SMILES string of the molecule is COc1cccc(C#Cc2ccc(O)c3c2CC2CC4C(N(C)C)C(O)=C(C(N)=O)C(=O)C4(O)C(O)=C2C3=O)c1. The Morgan fingerprint density at radius 3 is 2.50 bits per heavy atom. The Kier molecular flexibility index (Phi) is 6.45. The Morgan fingerprint density at radius 1 is 1.12 bits per heavy atom. The Labute approximate surface area is 230 Å². The smallest absolute Gasteiger partial charge is 0.255 e. The van der Waals surface area contributed by atoms with Crippen LogP contribution in [0.25, 0.3) is 0 Å². The van der Waals surface area contributed by atoms with Gasteiger partial charge in [-0.2, -0.15) is 0 Å². The van der Waals surface area contributed by atoms with Crippen LogP contribution >= 0.6 is 0 Å². The minimum atomic E-state index is -2.68. The quantitative estimate of drug-likeness (QED) is 0.284. The van der Waals surface area contributed by atoms with Crippen molar-refractivity contribution in [2.45, 2.75) is 24.5 Å². The molecule has 4 atom stereocenters. The average molecular weight is 545 g/mol. The number of nitrogens with two attached hydrogens (primary N) is 1. The molecule has 40 heavy (non-hydrogen) atoms. The molecule has 0 bridgehead atoms.